The zero-order valence-electron chi connectivity index (χ0n) is 5.25. The van der Waals surface area contributed by atoms with Gasteiger partial charge in [0.25, 0.3) is 0 Å². The Morgan fingerprint density at radius 2 is 2.36 bits per heavy atom. The van der Waals surface area contributed by atoms with Crippen LogP contribution in [0.1, 0.15) is 0 Å². The first-order valence-electron chi connectivity index (χ1n) is 2.67. The quantitative estimate of drug-likeness (QED) is 0.484. The Balaban J connectivity index is 2.74. The van der Waals surface area contributed by atoms with Gasteiger partial charge in [0.05, 0.1) is 6.20 Å². The normalized spacial score (nSPS) is 9.27. The summed E-state index contributed by atoms with van der Waals surface area (Å²) in [6, 6.07) is 2.32. The molecule has 11 heavy (non-hydrogen) atoms. The highest BCUT2D eigenvalue weighted by molar-refractivity contribution is 6.61. The van der Waals surface area contributed by atoms with Crippen LogP contribution in [0.3, 0.4) is 0 Å². The third-order valence-corrected chi connectivity index (χ3v) is 0.975. The van der Waals surface area contributed by atoms with E-state index in [2.05, 4.69) is 9.72 Å². The highest BCUT2D eigenvalue weighted by Crippen LogP contribution is 2.09. The molecule has 5 heteroatoms. The molecule has 1 aromatic heterocycles. The van der Waals surface area contributed by atoms with Crippen molar-refractivity contribution in [1.82, 2.24) is 4.98 Å². The molecule has 0 aliphatic heterocycles. The standard InChI is InChI=1S/C6H3ClFNO2/c7-6(10)11-4-1-2-5(8)9-3-4/h1-3H. The lowest BCUT2D eigenvalue weighted by molar-refractivity contribution is 0.225. The number of aromatic nitrogens is 1. The van der Waals surface area contributed by atoms with Gasteiger partial charge in [-0.1, -0.05) is 0 Å². The maximum atomic E-state index is 12.1. The summed E-state index contributed by atoms with van der Waals surface area (Å²) in [6.45, 7) is 0. The molecule has 0 aliphatic carbocycles. The minimum atomic E-state index is -0.974. The molecule has 0 fully saturated rings. The fourth-order valence-corrected chi connectivity index (χ4v) is 0.604. The SMILES string of the molecule is O=C(Cl)Oc1ccc(F)nc1. The summed E-state index contributed by atoms with van der Waals surface area (Å²) in [5, 5.41) is 0. The Labute approximate surface area is 66.8 Å². The van der Waals surface area contributed by atoms with Gasteiger partial charge in [-0.05, 0) is 12.1 Å². The molecule has 0 unspecified atom stereocenters. The third-order valence-electron chi connectivity index (χ3n) is 0.898. The molecule has 58 valence electrons. The number of hydrogen-bond acceptors (Lipinski definition) is 3. The molecular weight excluding hydrogens is 173 g/mol. The van der Waals surface area contributed by atoms with E-state index in [9.17, 15) is 9.18 Å². The van der Waals surface area contributed by atoms with Crippen molar-refractivity contribution >= 4 is 17.0 Å². The van der Waals surface area contributed by atoms with E-state index in [1.54, 1.807) is 0 Å². The fraction of sp³-hybridized carbons (Fsp3) is 0. The van der Waals surface area contributed by atoms with E-state index in [1.807, 2.05) is 0 Å². The lowest BCUT2D eigenvalue weighted by Crippen LogP contribution is -1.96. The van der Waals surface area contributed by atoms with E-state index < -0.39 is 11.4 Å². The van der Waals surface area contributed by atoms with Gasteiger partial charge in [-0.3, -0.25) is 0 Å². The molecule has 0 saturated carbocycles. The van der Waals surface area contributed by atoms with E-state index >= 15 is 0 Å². The zero-order valence-corrected chi connectivity index (χ0v) is 6.01. The van der Waals surface area contributed by atoms with Crippen LogP contribution in [0.4, 0.5) is 9.18 Å². The summed E-state index contributed by atoms with van der Waals surface area (Å²) in [5.74, 6) is -0.522. The van der Waals surface area contributed by atoms with E-state index in [1.165, 1.54) is 6.07 Å². The van der Waals surface area contributed by atoms with Crippen LogP contribution < -0.4 is 4.74 Å². The number of nitrogens with zero attached hydrogens (tertiary/aromatic N) is 1. The van der Waals surface area contributed by atoms with Gasteiger partial charge in [0.1, 0.15) is 0 Å². The predicted octanol–water partition coefficient (Wildman–Crippen LogP) is 1.96. The fourth-order valence-electron chi connectivity index (χ4n) is 0.515. The van der Waals surface area contributed by atoms with Gasteiger partial charge in [0.15, 0.2) is 5.75 Å². The van der Waals surface area contributed by atoms with Crippen molar-refractivity contribution in [2.75, 3.05) is 0 Å². The van der Waals surface area contributed by atoms with Crippen LogP contribution in [0, 0.1) is 5.95 Å². The van der Waals surface area contributed by atoms with Crippen LogP contribution in [-0.4, -0.2) is 10.4 Å². The van der Waals surface area contributed by atoms with Gasteiger partial charge in [0.2, 0.25) is 5.95 Å². The van der Waals surface area contributed by atoms with E-state index in [0.717, 1.165) is 12.3 Å². The molecule has 0 amide bonds. The number of ether oxygens (including phenoxy) is 1. The first-order chi connectivity index (χ1) is 5.18. The lowest BCUT2D eigenvalue weighted by Gasteiger charge is -1.96. The molecule has 0 aliphatic rings. The van der Waals surface area contributed by atoms with Crippen LogP contribution in [0.2, 0.25) is 0 Å². The van der Waals surface area contributed by atoms with Gasteiger partial charge in [-0.15, -0.1) is 0 Å². The molecule has 1 rings (SSSR count). The lowest BCUT2D eigenvalue weighted by atomic mass is 10.5. The number of hydrogen-bond donors (Lipinski definition) is 0. The second-order valence-electron chi connectivity index (χ2n) is 1.66. The number of halogens is 2. The Morgan fingerprint density at radius 1 is 1.64 bits per heavy atom. The van der Waals surface area contributed by atoms with Crippen molar-refractivity contribution in [1.29, 1.82) is 0 Å². The van der Waals surface area contributed by atoms with E-state index in [4.69, 9.17) is 11.6 Å². The number of pyridine rings is 1. The van der Waals surface area contributed by atoms with Crippen LogP contribution in [0.15, 0.2) is 18.3 Å². The van der Waals surface area contributed by atoms with Gasteiger partial charge in [0, 0.05) is 11.6 Å². The summed E-state index contributed by atoms with van der Waals surface area (Å²) in [5.41, 5.74) is -0.974. The molecule has 1 heterocycles. The van der Waals surface area contributed by atoms with Crippen LogP contribution >= 0.6 is 11.6 Å². The Kier molecular flexibility index (Phi) is 2.38. The van der Waals surface area contributed by atoms with Crippen molar-refractivity contribution in [2.24, 2.45) is 0 Å². The van der Waals surface area contributed by atoms with Crippen molar-refractivity contribution in [3.63, 3.8) is 0 Å². The number of carbonyl (C=O) groups is 1. The average Bonchev–Trinajstić information content (AvgIpc) is 1.93. The van der Waals surface area contributed by atoms with Crippen molar-refractivity contribution in [3.05, 3.63) is 24.3 Å². The maximum absolute atomic E-state index is 12.1. The van der Waals surface area contributed by atoms with Gasteiger partial charge in [-0.2, -0.15) is 4.39 Å². The summed E-state index contributed by atoms with van der Waals surface area (Å²) >= 11 is 4.87. The molecule has 3 nitrogen and oxygen atoms in total. The summed E-state index contributed by atoms with van der Waals surface area (Å²) in [7, 11) is 0. The van der Waals surface area contributed by atoms with Crippen molar-refractivity contribution in [2.45, 2.75) is 0 Å². The van der Waals surface area contributed by atoms with Gasteiger partial charge < -0.3 is 4.74 Å². The first kappa shape index (κ1) is 7.94. The summed E-state index contributed by atoms with van der Waals surface area (Å²) in [6.07, 6.45) is 1.07. The molecule has 1 aromatic rings. The molecule has 0 N–H and O–H groups in total. The zero-order chi connectivity index (χ0) is 8.27. The monoisotopic (exact) mass is 175 g/mol. The highest BCUT2D eigenvalue weighted by Gasteiger charge is 1.99. The maximum Gasteiger partial charge on any atom is 0.409 e. The molecule has 0 radical (unpaired) electrons. The Morgan fingerprint density at radius 3 is 2.82 bits per heavy atom. The smallest absolute Gasteiger partial charge is 0.409 e. The van der Waals surface area contributed by atoms with Crippen LogP contribution in [0.25, 0.3) is 0 Å². The Bertz CT molecular complexity index is 262. The van der Waals surface area contributed by atoms with Crippen molar-refractivity contribution in [3.8, 4) is 5.75 Å². The molecule has 0 saturated heterocycles. The van der Waals surface area contributed by atoms with E-state index in [0.29, 0.717) is 0 Å². The third kappa shape index (κ3) is 2.51. The van der Waals surface area contributed by atoms with Crippen LogP contribution in [-0.2, 0) is 0 Å². The average molecular weight is 176 g/mol. The first-order valence-corrected chi connectivity index (χ1v) is 3.05. The molecule has 0 aromatic carbocycles. The second kappa shape index (κ2) is 3.30. The van der Waals surface area contributed by atoms with Crippen molar-refractivity contribution < 1.29 is 13.9 Å². The molecular formula is C6H3ClFNO2. The highest BCUT2D eigenvalue weighted by atomic mass is 35.5. The van der Waals surface area contributed by atoms with Gasteiger partial charge >= 0.3 is 5.43 Å². The Hall–Kier alpha value is -1.16. The minimum absolute atomic E-state index is 0.117. The van der Waals surface area contributed by atoms with Gasteiger partial charge in [-0.25, -0.2) is 9.78 Å². The number of carbonyl (C=O) groups excluding carboxylic acids is 1. The summed E-state index contributed by atoms with van der Waals surface area (Å²) < 4.78 is 16.5. The largest absolute Gasteiger partial charge is 0.413 e. The molecule has 0 spiro atoms. The number of rotatable bonds is 1. The molecule has 0 bridgehead atoms. The summed E-state index contributed by atoms with van der Waals surface area (Å²) in [4.78, 5) is 13.3. The van der Waals surface area contributed by atoms with Crippen LogP contribution in [0.5, 0.6) is 5.75 Å². The second-order valence-corrected chi connectivity index (χ2v) is 1.96. The topological polar surface area (TPSA) is 39.2 Å². The minimum Gasteiger partial charge on any atom is -0.413 e. The van der Waals surface area contributed by atoms with E-state index in [-0.39, 0.29) is 5.75 Å². The molecule has 0 atom stereocenters. The predicted molar refractivity (Wildman–Crippen MR) is 36.1 cm³/mol.